The lowest BCUT2D eigenvalue weighted by molar-refractivity contribution is -0.126. The molecule has 0 spiro atoms. The number of nitrogens with one attached hydrogen (secondary N) is 2. The van der Waals surface area contributed by atoms with Crippen LogP contribution >= 0.6 is 7.26 Å². The molecule has 326 valence electrons. The maximum Gasteiger partial charge on any atom is 0.408 e. The largest absolute Gasteiger partial charge is 1.00 e. The summed E-state index contributed by atoms with van der Waals surface area (Å²) in [5, 5.41) is 13.3. The van der Waals surface area contributed by atoms with Crippen molar-refractivity contribution in [3.63, 3.8) is 0 Å². The Kier molecular flexibility index (Phi) is 16.2. The number of carbonyl (C=O) groups excluding carboxylic acids is 2. The normalized spacial score (nSPS) is 13.7. The number of rotatable bonds is 15. The van der Waals surface area contributed by atoms with Gasteiger partial charge in [0, 0.05) is 0 Å². The maximum absolute atomic E-state index is 15.2. The van der Waals surface area contributed by atoms with E-state index in [-0.39, 0.29) is 39.9 Å². The second-order valence-electron chi connectivity index (χ2n) is 18.6. The zero-order valence-corrected chi connectivity index (χ0v) is 41.3. The molecule has 2 amide bonds. The standard InChI is InChI=1S/C53H63N2O4PSi.BrH/c1-39(2)48(38-60(44-26-14-10-15-27-44,45-28-16-11-17-29-45)37-41-34-35-42-24-22-23-25-43(42)36-41)54-50(56)49(55-51(57)58-52(4,5)6)40(3)59-61(53(7,8)9,46-30-18-12-19-31-46)47-32-20-13-21-33-47;/h10-36,39-40,48-49H,37-38H2,1-9H3,(H-,54,55,56,57);1H/t40?,48-,49?;/m1./s1. The predicted molar refractivity (Wildman–Crippen MR) is 260 cm³/mol. The molecule has 2 N–H and O–H groups in total. The maximum atomic E-state index is 15.2. The van der Waals surface area contributed by atoms with Crippen molar-refractivity contribution < 1.29 is 35.7 Å². The topological polar surface area (TPSA) is 76.7 Å². The van der Waals surface area contributed by atoms with E-state index in [1.165, 1.54) is 26.9 Å². The SMILES string of the molecule is CC(O[Si](c1ccccc1)(c1ccccc1)C(C)(C)C)C(NC(=O)OC(C)(C)C)C(=O)N[C@H](C[P+](Cc1ccc2ccccc2c1)(c1ccccc1)c1ccccc1)C(C)C.[Br-]. The minimum absolute atomic E-state index is 0. The Morgan fingerprint density at radius 3 is 1.55 bits per heavy atom. The van der Waals surface area contributed by atoms with E-state index in [2.05, 4.69) is 173 Å². The first kappa shape index (κ1) is 48.4. The van der Waals surface area contributed by atoms with Gasteiger partial charge in [0.15, 0.2) is 0 Å². The molecule has 6 aromatic carbocycles. The molecule has 0 saturated carbocycles. The van der Waals surface area contributed by atoms with Gasteiger partial charge in [0.1, 0.15) is 11.6 Å². The molecule has 0 fully saturated rings. The number of fused-ring (bicyclic) bond motifs is 1. The van der Waals surface area contributed by atoms with E-state index in [4.69, 9.17) is 9.16 Å². The van der Waals surface area contributed by atoms with Gasteiger partial charge in [0.2, 0.25) is 5.91 Å². The predicted octanol–water partition coefficient (Wildman–Crippen LogP) is 7.01. The Balaban J connectivity index is 0.00000726. The molecule has 0 aliphatic carbocycles. The number of benzene rings is 6. The van der Waals surface area contributed by atoms with Crippen molar-refractivity contribution in [3.05, 3.63) is 169 Å². The summed E-state index contributed by atoms with van der Waals surface area (Å²) in [6.45, 7) is 18.4. The number of hydrogen-bond donors (Lipinski definition) is 2. The molecule has 6 aromatic rings. The van der Waals surface area contributed by atoms with E-state index in [1.807, 2.05) is 64.1 Å². The lowest BCUT2D eigenvalue weighted by Gasteiger charge is -2.45. The molecule has 6 nitrogen and oxygen atoms in total. The van der Waals surface area contributed by atoms with Crippen molar-refractivity contribution in [2.75, 3.05) is 6.16 Å². The fraction of sp³-hybridized carbons (Fsp3) is 0.321. The van der Waals surface area contributed by atoms with Crippen LogP contribution in [-0.4, -0.2) is 50.3 Å². The molecule has 0 radical (unpaired) electrons. The van der Waals surface area contributed by atoms with Gasteiger partial charge in [-0.2, -0.15) is 0 Å². The van der Waals surface area contributed by atoms with Gasteiger partial charge in [0.25, 0.3) is 8.32 Å². The van der Waals surface area contributed by atoms with Gasteiger partial charge in [-0.25, -0.2) is 4.79 Å². The quantitative estimate of drug-likeness (QED) is 0.0860. The highest BCUT2D eigenvalue weighted by molar-refractivity contribution is 7.88. The first-order chi connectivity index (χ1) is 29.0. The molecule has 0 saturated heterocycles. The second kappa shape index (κ2) is 20.7. The fourth-order valence-electron chi connectivity index (χ4n) is 8.58. The summed E-state index contributed by atoms with van der Waals surface area (Å²) in [6, 6.07) is 56.4. The molecule has 0 aliphatic heterocycles. The average molecular weight is 932 g/mol. The highest BCUT2D eigenvalue weighted by Gasteiger charge is 2.53. The molecule has 0 heterocycles. The van der Waals surface area contributed by atoms with E-state index >= 15 is 4.79 Å². The number of halogens is 1. The molecule has 2 unspecified atom stereocenters. The summed E-state index contributed by atoms with van der Waals surface area (Å²) in [7, 11) is -5.40. The summed E-state index contributed by atoms with van der Waals surface area (Å²) < 4.78 is 13.3. The van der Waals surface area contributed by atoms with Crippen LogP contribution in [0.2, 0.25) is 5.04 Å². The molecule has 0 aliphatic rings. The molecule has 62 heavy (non-hydrogen) atoms. The summed E-state index contributed by atoms with van der Waals surface area (Å²) >= 11 is 0. The third-order valence-electron chi connectivity index (χ3n) is 11.6. The van der Waals surface area contributed by atoms with Crippen molar-refractivity contribution in [1.29, 1.82) is 0 Å². The second-order valence-corrected chi connectivity index (χ2v) is 26.5. The first-order valence-electron chi connectivity index (χ1n) is 21.6. The van der Waals surface area contributed by atoms with Crippen LogP contribution < -0.4 is 48.6 Å². The molecular formula is C53H64BrN2O4PSi. The monoisotopic (exact) mass is 930 g/mol. The number of alkyl carbamates (subject to hydrolysis) is 1. The fourth-order valence-corrected chi connectivity index (χ4v) is 18.0. The van der Waals surface area contributed by atoms with E-state index < -0.39 is 39.4 Å². The Hall–Kier alpha value is -4.59. The van der Waals surface area contributed by atoms with Crippen molar-refractivity contribution in [1.82, 2.24) is 10.6 Å². The van der Waals surface area contributed by atoms with Gasteiger partial charge >= 0.3 is 6.09 Å². The molecular weight excluding hydrogens is 868 g/mol. The molecule has 0 bridgehead atoms. The van der Waals surface area contributed by atoms with Crippen LogP contribution in [0.3, 0.4) is 0 Å². The van der Waals surface area contributed by atoms with E-state index in [0.717, 1.165) is 16.5 Å². The van der Waals surface area contributed by atoms with Gasteiger partial charge < -0.3 is 36.8 Å². The van der Waals surface area contributed by atoms with Gasteiger partial charge in [-0.05, 0) is 95.7 Å². The summed E-state index contributed by atoms with van der Waals surface area (Å²) in [5.41, 5.74) is 0.483. The van der Waals surface area contributed by atoms with Gasteiger partial charge in [-0.3, -0.25) is 4.79 Å². The van der Waals surface area contributed by atoms with Crippen LogP contribution in [-0.2, 0) is 20.1 Å². The van der Waals surface area contributed by atoms with Crippen LogP contribution in [0.15, 0.2) is 164 Å². The lowest BCUT2D eigenvalue weighted by Crippen LogP contribution is -3.00. The van der Waals surface area contributed by atoms with Crippen LogP contribution in [0.1, 0.15) is 67.9 Å². The van der Waals surface area contributed by atoms with Crippen molar-refractivity contribution in [2.45, 2.75) is 97.3 Å². The Bertz CT molecular complexity index is 2270. The minimum atomic E-state index is -3.14. The Morgan fingerprint density at radius 2 is 1.08 bits per heavy atom. The van der Waals surface area contributed by atoms with Crippen molar-refractivity contribution in [2.24, 2.45) is 5.92 Å². The van der Waals surface area contributed by atoms with Gasteiger partial charge in [0.05, 0.1) is 42.3 Å². The van der Waals surface area contributed by atoms with Gasteiger partial charge in [-0.1, -0.05) is 168 Å². The number of ether oxygens (including phenoxy) is 1. The van der Waals surface area contributed by atoms with Crippen LogP contribution in [0.5, 0.6) is 0 Å². The highest BCUT2D eigenvalue weighted by atomic mass is 79.9. The molecule has 3 atom stereocenters. The Morgan fingerprint density at radius 1 is 0.613 bits per heavy atom. The zero-order chi connectivity index (χ0) is 43.8. The highest BCUT2D eigenvalue weighted by Crippen LogP contribution is 2.60. The van der Waals surface area contributed by atoms with Crippen molar-refractivity contribution >= 4 is 59.3 Å². The smallest absolute Gasteiger partial charge is 0.408 e. The zero-order valence-electron chi connectivity index (χ0n) is 37.8. The number of amides is 2. The van der Waals surface area contributed by atoms with Crippen molar-refractivity contribution in [3.8, 4) is 0 Å². The van der Waals surface area contributed by atoms with E-state index in [0.29, 0.717) is 6.16 Å². The van der Waals surface area contributed by atoms with Gasteiger partial charge in [-0.15, -0.1) is 0 Å². The summed E-state index contributed by atoms with van der Waals surface area (Å²) in [4.78, 5) is 29.0. The van der Waals surface area contributed by atoms with E-state index in [1.54, 1.807) is 0 Å². The number of hydrogen-bond acceptors (Lipinski definition) is 4. The lowest BCUT2D eigenvalue weighted by atomic mass is 10.0. The Labute approximate surface area is 382 Å². The minimum Gasteiger partial charge on any atom is -1.00 e. The van der Waals surface area contributed by atoms with Crippen LogP contribution in [0.25, 0.3) is 10.8 Å². The summed E-state index contributed by atoms with van der Waals surface area (Å²) in [6.07, 6.45) is 0.114. The third kappa shape index (κ3) is 11.3. The first-order valence-corrected chi connectivity index (χ1v) is 25.6. The number of carbonyl (C=O) groups is 2. The third-order valence-corrected chi connectivity index (χ3v) is 21.2. The van der Waals surface area contributed by atoms with Crippen LogP contribution in [0.4, 0.5) is 4.79 Å². The molecule has 9 heteroatoms. The van der Waals surface area contributed by atoms with E-state index in [9.17, 15) is 4.79 Å². The summed E-state index contributed by atoms with van der Waals surface area (Å²) in [5.74, 6) is -0.248. The van der Waals surface area contributed by atoms with Crippen LogP contribution in [0, 0.1) is 5.92 Å². The molecule has 0 aromatic heterocycles. The molecule has 6 rings (SSSR count). The average Bonchev–Trinajstić information content (AvgIpc) is 3.24.